The first-order valence-electron chi connectivity index (χ1n) is 23.0. The average molecular weight is 660 g/mol. The molecule has 7 rings (SSSR count). The van der Waals surface area contributed by atoms with Gasteiger partial charge in [-0.25, -0.2) is 0 Å². The summed E-state index contributed by atoms with van der Waals surface area (Å²) in [7, 11) is 0. The van der Waals surface area contributed by atoms with E-state index >= 15 is 0 Å². The van der Waals surface area contributed by atoms with Crippen LogP contribution in [-0.4, -0.2) is 23.0 Å². The first-order valence-corrected chi connectivity index (χ1v) is 23.0. The van der Waals surface area contributed by atoms with Crippen molar-refractivity contribution in [2.24, 2.45) is 65.1 Å². The molecule has 0 aromatic rings. The molecule has 7 aliphatic carbocycles. The second-order valence-electron chi connectivity index (χ2n) is 20.1. The summed E-state index contributed by atoms with van der Waals surface area (Å²) < 4.78 is 0. The lowest BCUT2D eigenvalue weighted by Gasteiger charge is -2.55. The molecule has 7 saturated carbocycles. The molecular formula is C47H81N. The molecule has 1 heteroatoms. The van der Waals surface area contributed by atoms with Gasteiger partial charge in [0.2, 0.25) is 0 Å². The fraction of sp³-hybridized carbons (Fsp3) is 0.957. The van der Waals surface area contributed by atoms with Crippen LogP contribution in [0.4, 0.5) is 0 Å². The van der Waals surface area contributed by atoms with Gasteiger partial charge >= 0.3 is 0 Å². The third-order valence-electron chi connectivity index (χ3n) is 17.0. The van der Waals surface area contributed by atoms with Crippen molar-refractivity contribution in [1.82, 2.24) is 4.90 Å². The van der Waals surface area contributed by atoms with Crippen LogP contribution in [0.1, 0.15) is 201 Å². The van der Waals surface area contributed by atoms with Crippen LogP contribution in [0, 0.1) is 65.1 Å². The predicted octanol–water partition coefficient (Wildman–Crippen LogP) is 13.8. The predicted molar refractivity (Wildman–Crippen MR) is 207 cm³/mol. The highest BCUT2D eigenvalue weighted by atomic mass is 15.2. The van der Waals surface area contributed by atoms with Crippen molar-refractivity contribution in [3.05, 3.63) is 12.2 Å². The largest absolute Gasteiger partial charge is 0.294 e. The summed E-state index contributed by atoms with van der Waals surface area (Å²) in [5.74, 6) is 11.0. The van der Waals surface area contributed by atoms with Crippen LogP contribution in [-0.2, 0) is 0 Å². The topological polar surface area (TPSA) is 3.24 Å². The molecule has 48 heavy (non-hydrogen) atoms. The van der Waals surface area contributed by atoms with Gasteiger partial charge < -0.3 is 0 Å². The minimum Gasteiger partial charge on any atom is -0.294 e. The molecule has 7 atom stereocenters. The quantitative estimate of drug-likeness (QED) is 0.234. The van der Waals surface area contributed by atoms with E-state index in [1.807, 2.05) is 0 Å². The maximum absolute atomic E-state index is 3.35. The van der Waals surface area contributed by atoms with Gasteiger partial charge in [0.25, 0.3) is 0 Å². The Morgan fingerprint density at radius 3 is 1.44 bits per heavy atom. The van der Waals surface area contributed by atoms with Gasteiger partial charge in [-0.05, 0) is 168 Å². The summed E-state index contributed by atoms with van der Waals surface area (Å²) in [5.41, 5.74) is 0. The number of hydrogen-bond acceptors (Lipinski definition) is 1. The van der Waals surface area contributed by atoms with E-state index in [1.54, 1.807) is 57.8 Å². The van der Waals surface area contributed by atoms with E-state index in [9.17, 15) is 0 Å². The molecule has 0 spiro atoms. The Hall–Kier alpha value is -0.300. The third-order valence-corrected chi connectivity index (χ3v) is 17.0. The van der Waals surface area contributed by atoms with Crippen LogP contribution >= 0.6 is 0 Å². The highest BCUT2D eigenvalue weighted by Gasteiger charge is 2.48. The maximum Gasteiger partial charge on any atom is 0.0104 e. The summed E-state index contributed by atoms with van der Waals surface area (Å²) in [6.45, 7) is 7.70. The second-order valence-corrected chi connectivity index (χ2v) is 20.1. The number of rotatable bonds is 8. The third kappa shape index (κ3) is 8.83. The van der Waals surface area contributed by atoms with Gasteiger partial charge in [-0.1, -0.05) is 110 Å². The lowest BCUT2D eigenvalue weighted by Crippen LogP contribution is -2.55. The van der Waals surface area contributed by atoms with E-state index in [0.29, 0.717) is 0 Å². The fourth-order valence-corrected chi connectivity index (χ4v) is 14.2. The summed E-state index contributed by atoms with van der Waals surface area (Å²) in [4.78, 5) is 3.35. The highest BCUT2D eigenvalue weighted by Crippen LogP contribution is 2.54. The molecule has 0 bridgehead atoms. The molecule has 0 aromatic carbocycles. The Kier molecular flexibility index (Phi) is 13.1. The van der Waals surface area contributed by atoms with Gasteiger partial charge in [-0.2, -0.15) is 0 Å². The Balaban J connectivity index is 1.09. The van der Waals surface area contributed by atoms with E-state index in [-0.39, 0.29) is 0 Å². The van der Waals surface area contributed by atoms with Crippen LogP contribution in [0.15, 0.2) is 12.2 Å². The first kappa shape index (κ1) is 36.1. The molecule has 1 nitrogen and oxygen atoms in total. The zero-order valence-electron chi connectivity index (χ0n) is 32.5. The average Bonchev–Trinajstić information content (AvgIpc) is 3.13. The molecule has 0 heterocycles. The van der Waals surface area contributed by atoms with E-state index in [2.05, 4.69) is 37.8 Å². The van der Waals surface area contributed by atoms with Gasteiger partial charge in [0.1, 0.15) is 0 Å². The molecule has 274 valence electrons. The fourth-order valence-electron chi connectivity index (χ4n) is 14.2. The van der Waals surface area contributed by atoms with Crippen LogP contribution in [0.25, 0.3) is 0 Å². The molecule has 0 N–H and O–H groups in total. The van der Waals surface area contributed by atoms with Crippen molar-refractivity contribution in [2.75, 3.05) is 0 Å². The first-order chi connectivity index (χ1) is 23.5. The Morgan fingerprint density at radius 2 is 0.812 bits per heavy atom. The van der Waals surface area contributed by atoms with Gasteiger partial charge in [0.15, 0.2) is 0 Å². The molecule has 7 fully saturated rings. The van der Waals surface area contributed by atoms with E-state index in [1.165, 1.54) is 122 Å². The van der Waals surface area contributed by atoms with Gasteiger partial charge in [-0.15, -0.1) is 0 Å². The van der Waals surface area contributed by atoms with Crippen LogP contribution in [0.3, 0.4) is 0 Å². The summed E-state index contributed by atoms with van der Waals surface area (Å²) in [5, 5.41) is 0. The summed E-state index contributed by atoms with van der Waals surface area (Å²) >= 11 is 0. The number of hydrogen-bond donors (Lipinski definition) is 0. The van der Waals surface area contributed by atoms with Gasteiger partial charge in [0.05, 0.1) is 0 Å². The summed E-state index contributed by atoms with van der Waals surface area (Å²) in [6, 6.07) is 2.65. The van der Waals surface area contributed by atoms with Crippen LogP contribution < -0.4 is 0 Å². The van der Waals surface area contributed by atoms with Gasteiger partial charge in [-0.3, -0.25) is 4.90 Å². The smallest absolute Gasteiger partial charge is 0.0104 e. The van der Waals surface area contributed by atoms with Crippen molar-refractivity contribution in [3.63, 3.8) is 0 Å². The molecule has 7 aliphatic rings. The minimum atomic E-state index is 0.864. The highest BCUT2D eigenvalue weighted by molar-refractivity contribution is 5.02. The van der Waals surface area contributed by atoms with Crippen molar-refractivity contribution in [3.8, 4) is 0 Å². The Labute approximate surface area is 300 Å². The molecule has 0 aromatic heterocycles. The van der Waals surface area contributed by atoms with Gasteiger partial charge in [0, 0.05) is 18.1 Å². The molecule has 0 amide bonds. The second kappa shape index (κ2) is 17.5. The standard InChI is InChI=1S/C47H81N/c1-34-17-21-37(22-18-34)23-24-38-25-29-41(30-26-38)48(40-27-19-35(2)20-28-40)42-31-32-46(43-14-8-7-11-36(43)3)47(33-42)45-16-10-9-15-44(45)39-12-5-4-6-13-39/h23-24,34-47H,4-22,25-33H2,1-3H3/b24-23+. The van der Waals surface area contributed by atoms with E-state index < -0.39 is 0 Å². The van der Waals surface area contributed by atoms with E-state index in [4.69, 9.17) is 0 Å². The minimum absolute atomic E-state index is 0.864. The van der Waals surface area contributed by atoms with Crippen molar-refractivity contribution in [1.29, 1.82) is 0 Å². The van der Waals surface area contributed by atoms with Crippen LogP contribution in [0.5, 0.6) is 0 Å². The molecule has 0 aliphatic heterocycles. The number of allylic oxidation sites excluding steroid dienone is 2. The summed E-state index contributed by atoms with van der Waals surface area (Å²) in [6.07, 6.45) is 48.0. The van der Waals surface area contributed by atoms with Crippen molar-refractivity contribution < 1.29 is 0 Å². The Morgan fingerprint density at radius 1 is 0.354 bits per heavy atom. The molecular weight excluding hydrogens is 579 g/mol. The van der Waals surface area contributed by atoms with Crippen LogP contribution in [0.2, 0.25) is 0 Å². The van der Waals surface area contributed by atoms with Crippen molar-refractivity contribution in [2.45, 2.75) is 219 Å². The normalized spacial score (nSPS) is 45.8. The lowest BCUT2D eigenvalue weighted by molar-refractivity contribution is -0.0542. The Bertz CT molecular complexity index is 954. The SMILES string of the molecule is CC1CCC(/C=C/C2CCC(N(C3CCC(C)CC3)C3CCC(C4CCCCC4C)C(C4CCCCC4C4CCCCC4)C3)CC2)CC1. The maximum atomic E-state index is 3.35. The number of nitrogens with zero attached hydrogens (tertiary/aromatic N) is 1. The zero-order valence-corrected chi connectivity index (χ0v) is 32.5. The molecule has 7 unspecified atom stereocenters. The molecule has 0 radical (unpaired) electrons. The monoisotopic (exact) mass is 660 g/mol. The van der Waals surface area contributed by atoms with Crippen molar-refractivity contribution >= 4 is 0 Å². The lowest BCUT2D eigenvalue weighted by atomic mass is 9.55. The van der Waals surface area contributed by atoms with E-state index in [0.717, 1.165) is 83.2 Å². The molecule has 0 saturated heterocycles. The zero-order chi connectivity index (χ0) is 32.9.